The summed E-state index contributed by atoms with van der Waals surface area (Å²) < 4.78 is 11.2. The maximum atomic E-state index is 13.0. The number of methoxy groups -OCH3 is 1. The van der Waals surface area contributed by atoms with E-state index in [1.807, 2.05) is 42.2 Å². The molecule has 1 aliphatic heterocycles. The van der Waals surface area contributed by atoms with Gasteiger partial charge in [0.1, 0.15) is 11.5 Å². The van der Waals surface area contributed by atoms with Crippen LogP contribution in [0.4, 0.5) is 5.69 Å². The largest absolute Gasteiger partial charge is 0.497 e. The van der Waals surface area contributed by atoms with Gasteiger partial charge >= 0.3 is 0 Å². The highest BCUT2D eigenvalue weighted by atomic mass is 16.5. The lowest BCUT2D eigenvalue weighted by molar-refractivity contribution is -0.137. The maximum Gasteiger partial charge on any atom is 0.263 e. The van der Waals surface area contributed by atoms with Gasteiger partial charge in [-0.2, -0.15) is 0 Å². The van der Waals surface area contributed by atoms with Gasteiger partial charge in [-0.1, -0.05) is 26.0 Å². The molecule has 0 aromatic heterocycles. The normalized spacial score (nSPS) is 15.8. The third kappa shape index (κ3) is 5.43. The summed E-state index contributed by atoms with van der Waals surface area (Å²) in [4.78, 5) is 17.2. The molecule has 1 aliphatic rings. The molecule has 1 atom stereocenters. The molecule has 29 heavy (non-hydrogen) atoms. The van der Waals surface area contributed by atoms with Crippen LogP contribution in [-0.4, -0.2) is 50.2 Å². The summed E-state index contributed by atoms with van der Waals surface area (Å²) in [5.41, 5.74) is 2.38. The van der Waals surface area contributed by atoms with Crippen molar-refractivity contribution < 1.29 is 14.3 Å². The molecular formula is C24H32N2O3. The van der Waals surface area contributed by atoms with Gasteiger partial charge in [-0.05, 0) is 61.2 Å². The number of hydrogen-bond donors (Lipinski definition) is 0. The molecule has 5 nitrogen and oxygen atoms in total. The standard InChI is InChI=1S/C24H32N2O3/c1-18(2)20-7-5-8-23(17-20)29-19(3)24(27)26-14-6-13-25(15-16-26)21-9-11-22(28-4)12-10-21/h5,7-12,17-19H,6,13-16H2,1-4H3. The summed E-state index contributed by atoms with van der Waals surface area (Å²) in [5.74, 6) is 2.09. The van der Waals surface area contributed by atoms with Gasteiger partial charge in [-0.3, -0.25) is 4.79 Å². The zero-order chi connectivity index (χ0) is 20.8. The Labute approximate surface area is 174 Å². The number of benzene rings is 2. The smallest absolute Gasteiger partial charge is 0.263 e. The molecule has 3 rings (SSSR count). The number of hydrogen-bond acceptors (Lipinski definition) is 4. The van der Waals surface area contributed by atoms with Crippen LogP contribution < -0.4 is 14.4 Å². The summed E-state index contributed by atoms with van der Waals surface area (Å²) in [6.45, 7) is 9.35. The van der Waals surface area contributed by atoms with Crippen molar-refractivity contribution in [2.24, 2.45) is 0 Å². The second-order valence-electron chi connectivity index (χ2n) is 7.85. The Morgan fingerprint density at radius 2 is 1.69 bits per heavy atom. The minimum absolute atomic E-state index is 0.0523. The van der Waals surface area contributed by atoms with Crippen LogP contribution in [0.1, 0.15) is 38.7 Å². The van der Waals surface area contributed by atoms with Crippen LogP contribution in [0.25, 0.3) is 0 Å². The van der Waals surface area contributed by atoms with Crippen molar-refractivity contribution in [3.8, 4) is 11.5 Å². The lowest BCUT2D eigenvalue weighted by Crippen LogP contribution is -2.42. The van der Waals surface area contributed by atoms with E-state index in [2.05, 4.69) is 36.9 Å². The first-order chi connectivity index (χ1) is 14.0. The SMILES string of the molecule is COc1ccc(N2CCCN(C(=O)C(C)Oc3cccc(C(C)C)c3)CC2)cc1. The predicted molar refractivity (Wildman–Crippen MR) is 117 cm³/mol. The molecular weight excluding hydrogens is 364 g/mol. The zero-order valence-electron chi connectivity index (χ0n) is 17.9. The Morgan fingerprint density at radius 1 is 0.931 bits per heavy atom. The van der Waals surface area contributed by atoms with Gasteiger partial charge in [0, 0.05) is 31.9 Å². The number of rotatable bonds is 6. The summed E-state index contributed by atoms with van der Waals surface area (Å²) >= 11 is 0. The van der Waals surface area contributed by atoms with Gasteiger partial charge in [0.2, 0.25) is 0 Å². The number of carbonyl (C=O) groups excluding carboxylic acids is 1. The predicted octanol–water partition coefficient (Wildman–Crippen LogP) is 4.32. The van der Waals surface area contributed by atoms with E-state index in [1.54, 1.807) is 7.11 Å². The van der Waals surface area contributed by atoms with Gasteiger partial charge in [0.15, 0.2) is 6.10 Å². The van der Waals surface area contributed by atoms with Crippen LogP contribution in [0.3, 0.4) is 0 Å². The van der Waals surface area contributed by atoms with Crippen molar-refractivity contribution in [2.45, 2.75) is 39.2 Å². The summed E-state index contributed by atoms with van der Waals surface area (Å²) in [5, 5.41) is 0. The molecule has 2 aromatic carbocycles. The van der Waals surface area contributed by atoms with Gasteiger partial charge in [-0.25, -0.2) is 0 Å². The van der Waals surface area contributed by atoms with Crippen LogP contribution in [0.2, 0.25) is 0 Å². The third-order valence-electron chi connectivity index (χ3n) is 5.43. The van der Waals surface area contributed by atoms with Crippen LogP contribution >= 0.6 is 0 Å². The molecule has 2 aromatic rings. The van der Waals surface area contributed by atoms with E-state index in [0.717, 1.165) is 43.2 Å². The number of nitrogens with zero attached hydrogens (tertiary/aromatic N) is 2. The quantitative estimate of drug-likeness (QED) is 0.729. The molecule has 1 unspecified atom stereocenters. The third-order valence-corrected chi connectivity index (χ3v) is 5.43. The number of carbonyl (C=O) groups is 1. The highest BCUT2D eigenvalue weighted by Crippen LogP contribution is 2.23. The van der Waals surface area contributed by atoms with Gasteiger partial charge in [0.05, 0.1) is 7.11 Å². The minimum atomic E-state index is -0.495. The lowest BCUT2D eigenvalue weighted by atomic mass is 10.0. The summed E-state index contributed by atoms with van der Waals surface area (Å²) in [7, 11) is 1.67. The van der Waals surface area contributed by atoms with E-state index in [1.165, 1.54) is 5.56 Å². The van der Waals surface area contributed by atoms with Crippen molar-refractivity contribution in [1.29, 1.82) is 0 Å². The highest BCUT2D eigenvalue weighted by Gasteiger charge is 2.25. The van der Waals surface area contributed by atoms with Gasteiger partial charge in [0.25, 0.3) is 5.91 Å². The van der Waals surface area contributed by atoms with Crippen molar-refractivity contribution in [3.05, 3.63) is 54.1 Å². The van der Waals surface area contributed by atoms with Crippen LogP contribution in [0, 0.1) is 0 Å². The van der Waals surface area contributed by atoms with E-state index in [9.17, 15) is 4.79 Å². The molecule has 1 heterocycles. The summed E-state index contributed by atoms with van der Waals surface area (Å²) in [6.07, 6.45) is 0.442. The molecule has 5 heteroatoms. The van der Waals surface area contributed by atoms with Crippen LogP contribution in [0.5, 0.6) is 11.5 Å². The fraction of sp³-hybridized carbons (Fsp3) is 0.458. The van der Waals surface area contributed by atoms with Gasteiger partial charge in [-0.15, -0.1) is 0 Å². The molecule has 1 amide bonds. The second-order valence-corrected chi connectivity index (χ2v) is 7.85. The Kier molecular flexibility index (Phi) is 7.02. The van der Waals surface area contributed by atoms with E-state index < -0.39 is 6.10 Å². The average molecular weight is 397 g/mol. The van der Waals surface area contributed by atoms with Crippen molar-refractivity contribution in [1.82, 2.24) is 4.90 Å². The van der Waals surface area contributed by atoms with Crippen molar-refractivity contribution in [2.75, 3.05) is 38.2 Å². The van der Waals surface area contributed by atoms with E-state index in [-0.39, 0.29) is 5.91 Å². The Morgan fingerprint density at radius 3 is 2.38 bits per heavy atom. The fourth-order valence-corrected chi connectivity index (χ4v) is 3.65. The Hall–Kier alpha value is -2.69. The molecule has 0 radical (unpaired) electrons. The summed E-state index contributed by atoms with van der Waals surface area (Å²) in [6, 6.07) is 16.1. The molecule has 156 valence electrons. The number of ether oxygens (including phenoxy) is 2. The first kappa shape index (κ1) is 21.0. The zero-order valence-corrected chi connectivity index (χ0v) is 17.9. The molecule has 1 saturated heterocycles. The van der Waals surface area contributed by atoms with Crippen molar-refractivity contribution >= 4 is 11.6 Å². The van der Waals surface area contributed by atoms with Crippen molar-refractivity contribution in [3.63, 3.8) is 0 Å². The molecule has 0 bridgehead atoms. The average Bonchev–Trinajstić information content (AvgIpc) is 2.99. The second kappa shape index (κ2) is 9.68. The van der Waals surface area contributed by atoms with E-state index in [0.29, 0.717) is 12.5 Å². The first-order valence-electron chi connectivity index (χ1n) is 10.4. The van der Waals surface area contributed by atoms with E-state index in [4.69, 9.17) is 9.47 Å². The topological polar surface area (TPSA) is 42.0 Å². The number of amides is 1. The van der Waals surface area contributed by atoms with Crippen LogP contribution in [-0.2, 0) is 4.79 Å². The highest BCUT2D eigenvalue weighted by molar-refractivity contribution is 5.81. The Bertz CT molecular complexity index is 804. The first-order valence-corrected chi connectivity index (χ1v) is 10.4. The Balaban J connectivity index is 1.58. The number of anilines is 1. The molecule has 0 saturated carbocycles. The molecule has 0 spiro atoms. The molecule has 0 N–H and O–H groups in total. The van der Waals surface area contributed by atoms with Crippen LogP contribution in [0.15, 0.2) is 48.5 Å². The molecule has 0 aliphatic carbocycles. The minimum Gasteiger partial charge on any atom is -0.497 e. The van der Waals surface area contributed by atoms with E-state index >= 15 is 0 Å². The van der Waals surface area contributed by atoms with Gasteiger partial charge < -0.3 is 19.3 Å². The fourth-order valence-electron chi connectivity index (χ4n) is 3.65. The molecule has 1 fully saturated rings. The maximum absolute atomic E-state index is 13.0. The lowest BCUT2D eigenvalue weighted by Gasteiger charge is -2.26. The monoisotopic (exact) mass is 396 g/mol.